The molecule has 6 heteroatoms. The number of aromatic nitrogens is 2. The summed E-state index contributed by atoms with van der Waals surface area (Å²) in [4.78, 5) is 17.9. The van der Waals surface area contributed by atoms with E-state index in [-0.39, 0.29) is 5.91 Å². The third-order valence-electron chi connectivity index (χ3n) is 3.14. The highest BCUT2D eigenvalue weighted by Crippen LogP contribution is 2.37. The second-order valence-electron chi connectivity index (χ2n) is 5.11. The van der Waals surface area contributed by atoms with Crippen LogP contribution in [0.5, 0.6) is 0 Å². The fourth-order valence-electron chi connectivity index (χ4n) is 1.49. The molecule has 1 saturated carbocycles. The lowest BCUT2D eigenvalue weighted by atomic mass is 10.3. The minimum Gasteiger partial charge on any atom is -0.346 e. The molecule has 0 aliphatic heterocycles. The van der Waals surface area contributed by atoms with Gasteiger partial charge in [-0.15, -0.1) is 0 Å². The number of nitrogens with one attached hydrogen (secondary N) is 1. The van der Waals surface area contributed by atoms with Gasteiger partial charge in [-0.25, -0.2) is 0 Å². The summed E-state index contributed by atoms with van der Waals surface area (Å²) in [6.45, 7) is 4.78. The van der Waals surface area contributed by atoms with Gasteiger partial charge in [0.1, 0.15) is 0 Å². The summed E-state index contributed by atoms with van der Waals surface area (Å²) in [5, 5.41) is 6.68. The van der Waals surface area contributed by atoms with Crippen LogP contribution in [-0.2, 0) is 11.3 Å². The topological polar surface area (TPSA) is 71.3 Å². The third-order valence-corrected chi connectivity index (χ3v) is 3.14. The van der Waals surface area contributed by atoms with Gasteiger partial charge in [-0.3, -0.25) is 9.69 Å². The Bertz CT molecular complexity index is 412. The number of likely N-dealkylation sites (N-methyl/N-ethyl adjacent to an activating group) is 1. The van der Waals surface area contributed by atoms with Gasteiger partial charge in [0, 0.05) is 12.0 Å². The van der Waals surface area contributed by atoms with Crippen molar-refractivity contribution in [3.63, 3.8) is 0 Å². The average Bonchev–Trinajstić information content (AvgIpc) is 3.06. The Morgan fingerprint density at radius 2 is 2.28 bits per heavy atom. The molecule has 0 unspecified atom stereocenters. The van der Waals surface area contributed by atoms with E-state index in [0.29, 0.717) is 30.9 Å². The first kappa shape index (κ1) is 13.0. The molecule has 1 aliphatic carbocycles. The van der Waals surface area contributed by atoms with Crippen molar-refractivity contribution in [1.29, 1.82) is 0 Å². The summed E-state index contributed by atoms with van der Waals surface area (Å²) in [6, 6.07) is 0.348. The predicted octanol–water partition coefficient (Wildman–Crippen LogP) is 0.903. The molecule has 18 heavy (non-hydrogen) atoms. The van der Waals surface area contributed by atoms with Gasteiger partial charge in [0.05, 0.1) is 13.1 Å². The van der Waals surface area contributed by atoms with E-state index in [4.69, 9.17) is 4.52 Å². The zero-order valence-corrected chi connectivity index (χ0v) is 11.1. The number of hydrogen-bond donors (Lipinski definition) is 1. The number of carbonyl (C=O) groups is 1. The molecule has 1 aromatic heterocycles. The van der Waals surface area contributed by atoms with Crippen LogP contribution in [0.2, 0.25) is 0 Å². The summed E-state index contributed by atoms with van der Waals surface area (Å²) in [5.74, 6) is 1.71. The Labute approximate surface area is 107 Å². The Morgan fingerprint density at radius 3 is 2.89 bits per heavy atom. The van der Waals surface area contributed by atoms with E-state index in [1.54, 1.807) is 0 Å². The van der Waals surface area contributed by atoms with E-state index in [1.165, 1.54) is 0 Å². The van der Waals surface area contributed by atoms with Crippen molar-refractivity contribution in [3.8, 4) is 0 Å². The molecular weight excluding hydrogens is 232 g/mol. The highest BCUT2D eigenvalue weighted by Gasteiger charge is 2.28. The number of rotatable bonds is 6. The van der Waals surface area contributed by atoms with Crippen molar-refractivity contribution >= 4 is 5.91 Å². The molecule has 1 aliphatic rings. The van der Waals surface area contributed by atoms with Gasteiger partial charge in [-0.2, -0.15) is 4.98 Å². The van der Waals surface area contributed by atoms with Gasteiger partial charge in [0.2, 0.25) is 11.8 Å². The lowest BCUT2D eigenvalue weighted by Crippen LogP contribution is -2.38. The second kappa shape index (κ2) is 5.48. The van der Waals surface area contributed by atoms with Crippen molar-refractivity contribution in [1.82, 2.24) is 20.4 Å². The summed E-state index contributed by atoms with van der Waals surface area (Å²) in [7, 11) is 1.92. The zero-order chi connectivity index (χ0) is 13.1. The molecular formula is C12H20N4O2. The number of hydrogen-bond acceptors (Lipinski definition) is 5. The first-order valence-electron chi connectivity index (χ1n) is 6.35. The quantitative estimate of drug-likeness (QED) is 0.814. The van der Waals surface area contributed by atoms with Gasteiger partial charge >= 0.3 is 0 Å². The first-order valence-corrected chi connectivity index (χ1v) is 6.35. The van der Waals surface area contributed by atoms with Crippen molar-refractivity contribution in [2.75, 3.05) is 13.6 Å². The zero-order valence-electron chi connectivity index (χ0n) is 11.1. The smallest absolute Gasteiger partial charge is 0.246 e. The number of carbonyl (C=O) groups excluding carboxylic acids is 1. The van der Waals surface area contributed by atoms with Gasteiger partial charge in [0.25, 0.3) is 0 Å². The van der Waals surface area contributed by atoms with E-state index in [2.05, 4.69) is 15.5 Å². The van der Waals surface area contributed by atoms with Gasteiger partial charge in [-0.1, -0.05) is 5.16 Å². The molecule has 0 bridgehead atoms. The number of nitrogens with zero attached hydrogens (tertiary/aromatic N) is 3. The van der Waals surface area contributed by atoms with Crippen LogP contribution >= 0.6 is 0 Å². The normalized spacial score (nSPS) is 15.4. The Hall–Kier alpha value is -1.43. The molecule has 0 radical (unpaired) electrons. The number of amides is 1. The van der Waals surface area contributed by atoms with Gasteiger partial charge in [0.15, 0.2) is 5.82 Å². The van der Waals surface area contributed by atoms with E-state index in [1.807, 2.05) is 25.8 Å². The maximum atomic E-state index is 11.6. The first-order chi connectivity index (χ1) is 8.56. The highest BCUT2D eigenvalue weighted by atomic mass is 16.5. The Morgan fingerprint density at radius 1 is 1.56 bits per heavy atom. The lowest BCUT2D eigenvalue weighted by molar-refractivity contribution is -0.122. The van der Waals surface area contributed by atoms with Crippen molar-refractivity contribution < 1.29 is 9.32 Å². The monoisotopic (exact) mass is 252 g/mol. The fraction of sp³-hybridized carbons (Fsp3) is 0.750. The van der Waals surface area contributed by atoms with Crippen LogP contribution in [0.3, 0.4) is 0 Å². The summed E-state index contributed by atoms with van der Waals surface area (Å²) in [5.41, 5.74) is 0. The molecule has 1 aromatic rings. The van der Waals surface area contributed by atoms with Gasteiger partial charge in [-0.05, 0) is 33.7 Å². The minimum absolute atomic E-state index is 0.0302. The molecule has 2 rings (SSSR count). The molecule has 0 spiro atoms. The van der Waals surface area contributed by atoms with Crippen LogP contribution in [0.1, 0.15) is 44.3 Å². The molecule has 6 nitrogen and oxygen atoms in total. The predicted molar refractivity (Wildman–Crippen MR) is 65.9 cm³/mol. The molecule has 1 amide bonds. The maximum absolute atomic E-state index is 11.6. The summed E-state index contributed by atoms with van der Waals surface area (Å²) >= 11 is 0. The van der Waals surface area contributed by atoms with Crippen LogP contribution in [-0.4, -0.2) is 40.6 Å². The van der Waals surface area contributed by atoms with Gasteiger partial charge < -0.3 is 9.84 Å². The van der Waals surface area contributed by atoms with Crippen LogP contribution in [0.4, 0.5) is 0 Å². The molecule has 100 valence electrons. The van der Waals surface area contributed by atoms with Crippen molar-refractivity contribution in [3.05, 3.63) is 11.7 Å². The fourth-order valence-corrected chi connectivity index (χ4v) is 1.49. The SMILES string of the molecule is CC(C)N(C)CC(=O)NCc1nc(C2CC2)no1. The van der Waals surface area contributed by atoms with Crippen molar-refractivity contribution in [2.45, 2.75) is 45.2 Å². The Kier molecular flexibility index (Phi) is 3.96. The van der Waals surface area contributed by atoms with E-state index < -0.39 is 0 Å². The molecule has 0 atom stereocenters. The largest absolute Gasteiger partial charge is 0.346 e. The van der Waals surface area contributed by atoms with E-state index >= 15 is 0 Å². The van der Waals surface area contributed by atoms with E-state index in [0.717, 1.165) is 18.7 Å². The maximum Gasteiger partial charge on any atom is 0.246 e. The van der Waals surface area contributed by atoms with Crippen molar-refractivity contribution in [2.24, 2.45) is 0 Å². The van der Waals surface area contributed by atoms with Crippen LogP contribution in [0, 0.1) is 0 Å². The summed E-state index contributed by atoms with van der Waals surface area (Å²) in [6.07, 6.45) is 2.29. The van der Waals surface area contributed by atoms with Crippen LogP contribution < -0.4 is 5.32 Å². The lowest BCUT2D eigenvalue weighted by Gasteiger charge is -2.19. The average molecular weight is 252 g/mol. The third kappa shape index (κ3) is 3.53. The van der Waals surface area contributed by atoms with E-state index in [9.17, 15) is 4.79 Å². The molecule has 1 heterocycles. The Balaban J connectivity index is 1.74. The molecule has 0 saturated heterocycles. The minimum atomic E-state index is -0.0302. The van der Waals surface area contributed by atoms with Crippen LogP contribution in [0.25, 0.3) is 0 Å². The van der Waals surface area contributed by atoms with Crippen LogP contribution in [0.15, 0.2) is 4.52 Å². The summed E-state index contributed by atoms with van der Waals surface area (Å²) < 4.78 is 5.08. The molecule has 1 N–H and O–H groups in total. The highest BCUT2D eigenvalue weighted by molar-refractivity contribution is 5.77. The molecule has 0 aromatic carbocycles. The standard InChI is InChI=1S/C12H20N4O2/c1-8(2)16(3)7-10(17)13-6-11-14-12(15-18-11)9-4-5-9/h8-9H,4-7H2,1-3H3,(H,13,17). The second-order valence-corrected chi connectivity index (χ2v) is 5.11. The molecule has 1 fully saturated rings.